The highest BCUT2D eigenvalue weighted by Gasteiger charge is 2.37. The van der Waals surface area contributed by atoms with E-state index in [0.29, 0.717) is 30.8 Å². The van der Waals surface area contributed by atoms with Crippen molar-refractivity contribution in [3.05, 3.63) is 115 Å². The molecule has 1 aromatic heterocycles. The average Bonchev–Trinajstić information content (AvgIpc) is 2.89. The number of nitrogens with zero attached hydrogens (tertiary/aromatic N) is 3. The van der Waals surface area contributed by atoms with E-state index >= 15 is 0 Å². The Labute approximate surface area is 213 Å². The number of hydrogen-bond donors (Lipinski definition) is 1. The molecule has 1 saturated heterocycles. The van der Waals surface area contributed by atoms with Crippen molar-refractivity contribution in [3.63, 3.8) is 0 Å². The van der Waals surface area contributed by atoms with Crippen molar-refractivity contribution in [1.29, 1.82) is 0 Å². The molecule has 3 aromatic rings. The number of nitrogens with one attached hydrogen (secondary N) is 1. The molecule has 9 nitrogen and oxygen atoms in total. The topological polar surface area (TPSA) is 115 Å². The number of amides is 2. The first-order valence-electron chi connectivity index (χ1n) is 12.1. The highest BCUT2D eigenvalue weighted by Crippen LogP contribution is 2.35. The van der Waals surface area contributed by atoms with Crippen molar-refractivity contribution < 1.29 is 14.5 Å². The second kappa shape index (κ2) is 9.85. The molecule has 1 fully saturated rings. The Balaban J connectivity index is 1.46. The van der Waals surface area contributed by atoms with E-state index in [0.717, 1.165) is 17.7 Å². The molecule has 0 unspecified atom stereocenters. The van der Waals surface area contributed by atoms with Gasteiger partial charge in [-0.1, -0.05) is 35.9 Å². The number of nitro benzene ring substituents is 1. The van der Waals surface area contributed by atoms with Crippen molar-refractivity contribution in [2.45, 2.75) is 25.8 Å². The number of nitro groups is 1. The lowest BCUT2D eigenvalue weighted by atomic mass is 9.83. The Morgan fingerprint density at radius 3 is 2.54 bits per heavy atom. The van der Waals surface area contributed by atoms with Gasteiger partial charge in [0.2, 0.25) is 0 Å². The van der Waals surface area contributed by atoms with Crippen LogP contribution < -0.4 is 10.9 Å². The first kappa shape index (κ1) is 24.2. The van der Waals surface area contributed by atoms with Crippen LogP contribution in [-0.2, 0) is 11.3 Å². The number of aryl methyl sites for hydroxylation is 1. The lowest BCUT2D eigenvalue weighted by molar-refractivity contribution is -0.384. The minimum atomic E-state index is -0.505. The fraction of sp³-hybridized carbons (Fsp3) is 0.250. The summed E-state index contributed by atoms with van der Waals surface area (Å²) in [5.41, 5.74) is 2.62. The Morgan fingerprint density at radius 1 is 1.03 bits per heavy atom. The monoisotopic (exact) mass is 498 g/mol. The van der Waals surface area contributed by atoms with E-state index in [1.165, 1.54) is 24.3 Å². The third kappa shape index (κ3) is 5.06. The summed E-state index contributed by atoms with van der Waals surface area (Å²) in [5.74, 6) is -0.688. The van der Waals surface area contributed by atoms with Crippen LogP contribution in [-0.4, -0.2) is 39.3 Å². The third-order valence-corrected chi connectivity index (χ3v) is 6.95. The Bertz CT molecular complexity index is 1470. The van der Waals surface area contributed by atoms with Crippen LogP contribution in [0.1, 0.15) is 39.5 Å². The summed E-state index contributed by atoms with van der Waals surface area (Å²) in [6.45, 7) is 3.31. The summed E-state index contributed by atoms with van der Waals surface area (Å²) < 4.78 is 1.79. The van der Waals surface area contributed by atoms with Gasteiger partial charge >= 0.3 is 0 Å². The van der Waals surface area contributed by atoms with Gasteiger partial charge in [-0.2, -0.15) is 0 Å². The Kier molecular flexibility index (Phi) is 6.43. The largest absolute Gasteiger partial charge is 0.336 e. The lowest BCUT2D eigenvalue weighted by Crippen LogP contribution is -2.50. The third-order valence-electron chi connectivity index (χ3n) is 6.95. The van der Waals surface area contributed by atoms with Gasteiger partial charge in [-0.3, -0.25) is 24.5 Å². The molecule has 2 amide bonds. The van der Waals surface area contributed by atoms with Gasteiger partial charge in [0, 0.05) is 55.0 Å². The van der Waals surface area contributed by atoms with Crippen LogP contribution >= 0.6 is 0 Å². The number of carbonyl (C=O) groups excluding carboxylic acids is 2. The minimum absolute atomic E-state index is 0.0113. The van der Waals surface area contributed by atoms with Crippen molar-refractivity contribution in [1.82, 2.24) is 14.8 Å². The molecule has 5 rings (SSSR count). The molecule has 2 aromatic carbocycles. The van der Waals surface area contributed by atoms with E-state index in [2.05, 4.69) is 5.32 Å². The van der Waals surface area contributed by atoms with Crippen molar-refractivity contribution >= 4 is 23.6 Å². The average molecular weight is 499 g/mol. The number of likely N-dealkylation sites (tertiary alicyclic amines) is 1. The van der Waals surface area contributed by atoms with Crippen LogP contribution in [0.25, 0.3) is 6.08 Å². The number of carbonyl (C=O) groups is 2. The number of pyridine rings is 1. The number of benzene rings is 2. The highest BCUT2D eigenvalue weighted by molar-refractivity contribution is 6.05. The molecule has 1 N–H and O–H groups in total. The standard InChI is InChI=1S/C28H26N4O5/c1-18-8-10-21(11-9-18)27(34)29-24(14-19-4-2-5-23(13-19)32(36)37)28(35)30-15-20-12-22(17-30)25-6-3-7-26(33)31(25)16-20/h2-11,13-14,20,22H,12,15-17H2,1H3,(H,29,34)/b24-14-/t20-,22+/m1/s1. The number of fused-ring (bicyclic) bond motifs is 4. The maximum atomic E-state index is 13.8. The summed E-state index contributed by atoms with van der Waals surface area (Å²) in [6.07, 6.45) is 2.36. The molecule has 0 spiro atoms. The molecule has 3 heterocycles. The highest BCUT2D eigenvalue weighted by atomic mass is 16.6. The quantitative estimate of drug-likeness (QED) is 0.329. The van der Waals surface area contributed by atoms with E-state index < -0.39 is 10.8 Å². The molecule has 2 bridgehead atoms. The predicted octanol–water partition coefficient (Wildman–Crippen LogP) is 3.48. The first-order chi connectivity index (χ1) is 17.8. The summed E-state index contributed by atoms with van der Waals surface area (Å²) in [6, 6.07) is 18.1. The molecular formula is C28H26N4O5. The van der Waals surface area contributed by atoms with Crippen LogP contribution in [0.2, 0.25) is 0 Å². The molecule has 0 saturated carbocycles. The zero-order valence-corrected chi connectivity index (χ0v) is 20.3. The fourth-order valence-corrected chi connectivity index (χ4v) is 5.18. The zero-order chi connectivity index (χ0) is 26.1. The van der Waals surface area contributed by atoms with Gasteiger partial charge in [-0.05, 0) is 49.1 Å². The minimum Gasteiger partial charge on any atom is -0.336 e. The Hall–Kier alpha value is -4.53. The number of aromatic nitrogens is 1. The van der Waals surface area contributed by atoms with Crippen LogP contribution in [0.15, 0.2) is 77.2 Å². The number of piperidine rings is 1. The molecule has 0 radical (unpaired) electrons. The number of hydrogen-bond acceptors (Lipinski definition) is 5. The maximum absolute atomic E-state index is 13.8. The van der Waals surface area contributed by atoms with E-state index in [4.69, 9.17) is 0 Å². The normalized spacial score (nSPS) is 18.6. The van der Waals surface area contributed by atoms with Crippen LogP contribution in [0, 0.1) is 23.0 Å². The smallest absolute Gasteiger partial charge is 0.270 e. The zero-order valence-electron chi connectivity index (χ0n) is 20.3. The van der Waals surface area contributed by atoms with Gasteiger partial charge in [0.25, 0.3) is 23.1 Å². The number of non-ortho nitro benzene ring substituents is 1. The van der Waals surface area contributed by atoms with Crippen molar-refractivity contribution in [2.75, 3.05) is 13.1 Å². The molecule has 188 valence electrons. The second-order valence-electron chi connectivity index (χ2n) is 9.64. The summed E-state index contributed by atoms with van der Waals surface area (Å²) in [4.78, 5) is 51.7. The molecular weight excluding hydrogens is 472 g/mol. The van der Waals surface area contributed by atoms with Crippen LogP contribution in [0.4, 0.5) is 5.69 Å². The van der Waals surface area contributed by atoms with E-state index in [-0.39, 0.29) is 34.7 Å². The molecule has 2 aliphatic heterocycles. The SMILES string of the molecule is Cc1ccc(C(=O)N/C(=C\c2cccc([N+](=O)[O-])c2)C(=O)N2C[C@H]3C[C@@H](C2)c2cccc(=O)n2C3)cc1. The van der Waals surface area contributed by atoms with Crippen LogP contribution in [0.5, 0.6) is 0 Å². The molecule has 2 atom stereocenters. The molecule has 0 aliphatic carbocycles. The summed E-state index contributed by atoms with van der Waals surface area (Å²) in [5, 5.41) is 14.0. The second-order valence-corrected chi connectivity index (χ2v) is 9.64. The molecule has 2 aliphatic rings. The molecule has 9 heteroatoms. The van der Waals surface area contributed by atoms with E-state index in [1.54, 1.807) is 39.8 Å². The van der Waals surface area contributed by atoms with Crippen LogP contribution in [0.3, 0.4) is 0 Å². The molecule has 37 heavy (non-hydrogen) atoms. The van der Waals surface area contributed by atoms with Gasteiger partial charge in [0.1, 0.15) is 5.70 Å². The van der Waals surface area contributed by atoms with Crippen molar-refractivity contribution in [2.24, 2.45) is 5.92 Å². The predicted molar refractivity (Wildman–Crippen MR) is 138 cm³/mol. The summed E-state index contributed by atoms with van der Waals surface area (Å²) in [7, 11) is 0. The number of rotatable bonds is 5. The Morgan fingerprint density at radius 2 is 1.78 bits per heavy atom. The van der Waals surface area contributed by atoms with Gasteiger partial charge < -0.3 is 14.8 Å². The van der Waals surface area contributed by atoms with E-state index in [1.807, 2.05) is 25.1 Å². The summed E-state index contributed by atoms with van der Waals surface area (Å²) >= 11 is 0. The van der Waals surface area contributed by atoms with E-state index in [9.17, 15) is 24.5 Å². The fourth-order valence-electron chi connectivity index (χ4n) is 5.18. The first-order valence-corrected chi connectivity index (χ1v) is 12.1. The van der Waals surface area contributed by atoms with Gasteiger partial charge in [0.05, 0.1) is 4.92 Å². The lowest BCUT2D eigenvalue weighted by Gasteiger charge is -2.43. The van der Waals surface area contributed by atoms with Crippen molar-refractivity contribution in [3.8, 4) is 0 Å². The van der Waals surface area contributed by atoms with Gasteiger partial charge in [0.15, 0.2) is 0 Å². The maximum Gasteiger partial charge on any atom is 0.270 e. The van der Waals surface area contributed by atoms with Gasteiger partial charge in [-0.25, -0.2) is 0 Å². The van der Waals surface area contributed by atoms with Gasteiger partial charge in [-0.15, -0.1) is 0 Å².